The van der Waals surface area contributed by atoms with E-state index in [1.807, 2.05) is 12.1 Å². The number of fused-ring (bicyclic) bond motifs is 4. The molecule has 3 heterocycles. The first-order chi connectivity index (χ1) is 30.6. The Morgan fingerprint density at radius 1 is 0.258 bits per heavy atom. The molecule has 0 unspecified atom stereocenters. The van der Waals surface area contributed by atoms with Gasteiger partial charge in [-0.1, -0.05) is 146 Å². The van der Waals surface area contributed by atoms with Crippen LogP contribution in [-0.2, 0) is 0 Å². The van der Waals surface area contributed by atoms with Gasteiger partial charge in [-0.3, -0.25) is 0 Å². The maximum atomic E-state index is 5.36. The normalized spacial score (nSPS) is 11.5. The van der Waals surface area contributed by atoms with Gasteiger partial charge in [0.15, 0.2) is 5.82 Å². The molecule has 0 saturated heterocycles. The Morgan fingerprint density at radius 3 is 1.11 bits per heavy atom. The van der Waals surface area contributed by atoms with Gasteiger partial charge < -0.3 is 0 Å². The van der Waals surface area contributed by atoms with Crippen LogP contribution < -0.4 is 0 Å². The van der Waals surface area contributed by atoms with Crippen LogP contribution in [0, 0.1) is 0 Å². The van der Waals surface area contributed by atoms with E-state index in [0.717, 1.165) is 82.5 Å². The molecule has 0 amide bonds. The molecule has 0 atom stereocenters. The van der Waals surface area contributed by atoms with Crippen molar-refractivity contribution in [3.05, 3.63) is 206 Å². The second kappa shape index (κ2) is 15.1. The molecule has 12 rings (SSSR count). The molecule has 0 aliphatic carbocycles. The molecule has 0 bridgehead atoms. The Hall–Kier alpha value is -7.64. The summed E-state index contributed by atoms with van der Waals surface area (Å²) < 4.78 is 2.37. The maximum Gasteiger partial charge on any atom is 0.160 e. The highest BCUT2D eigenvalue weighted by Gasteiger charge is 2.16. The van der Waals surface area contributed by atoms with Gasteiger partial charge in [-0.05, 0) is 104 Å². The monoisotopic (exact) mass is 826 g/mol. The standard InChI is InChI=1S/C56H34N4S2/c1-3-11-41-29-43(27-21-35(41)9-1)50-34-51(44-28-22-36-10-2-4-12-42(36)30-44)58-54(57-50)47-32-45(37-17-23-39(24-18-37)55-59-48-13-5-7-15-52(48)61-55)31-46(33-47)38-19-25-40(26-20-38)56-60-49-14-6-8-16-53(49)62-56/h1-34H. The third kappa shape index (κ3) is 6.82. The summed E-state index contributed by atoms with van der Waals surface area (Å²) in [6, 6.07) is 73.1. The summed E-state index contributed by atoms with van der Waals surface area (Å²) in [7, 11) is 0. The van der Waals surface area contributed by atoms with Crippen molar-refractivity contribution in [1.29, 1.82) is 0 Å². The minimum Gasteiger partial charge on any atom is -0.236 e. The predicted octanol–water partition coefficient (Wildman–Crippen LogP) is 15.7. The predicted molar refractivity (Wildman–Crippen MR) is 261 cm³/mol. The lowest BCUT2D eigenvalue weighted by molar-refractivity contribution is 1.18. The molecular formula is C56H34N4S2. The fourth-order valence-electron chi connectivity index (χ4n) is 8.26. The van der Waals surface area contributed by atoms with Gasteiger partial charge in [0, 0.05) is 27.8 Å². The van der Waals surface area contributed by atoms with Crippen LogP contribution >= 0.6 is 22.7 Å². The first-order valence-electron chi connectivity index (χ1n) is 20.6. The molecule has 0 aliphatic heterocycles. The van der Waals surface area contributed by atoms with Crippen molar-refractivity contribution in [2.75, 3.05) is 0 Å². The minimum atomic E-state index is 0.666. The van der Waals surface area contributed by atoms with E-state index in [1.54, 1.807) is 22.7 Å². The lowest BCUT2D eigenvalue weighted by Gasteiger charge is -2.14. The molecule has 0 N–H and O–H groups in total. The van der Waals surface area contributed by atoms with Crippen LogP contribution in [-0.4, -0.2) is 19.9 Å². The Kier molecular flexibility index (Phi) is 8.84. The van der Waals surface area contributed by atoms with E-state index >= 15 is 0 Å². The fourth-order valence-corrected chi connectivity index (χ4v) is 10.2. The number of rotatable bonds is 7. The van der Waals surface area contributed by atoms with Gasteiger partial charge >= 0.3 is 0 Å². The number of hydrogen-bond acceptors (Lipinski definition) is 6. The van der Waals surface area contributed by atoms with Crippen LogP contribution in [0.2, 0.25) is 0 Å². The highest BCUT2D eigenvalue weighted by atomic mass is 32.1. The van der Waals surface area contributed by atoms with Crippen LogP contribution in [0.25, 0.3) is 119 Å². The molecule has 62 heavy (non-hydrogen) atoms. The molecule has 0 aliphatic rings. The van der Waals surface area contributed by atoms with Gasteiger partial charge in [0.1, 0.15) is 10.0 Å². The molecule has 12 aromatic rings. The lowest BCUT2D eigenvalue weighted by Crippen LogP contribution is -1.97. The van der Waals surface area contributed by atoms with Crippen LogP contribution in [0.4, 0.5) is 0 Å². The summed E-state index contributed by atoms with van der Waals surface area (Å²) in [6.07, 6.45) is 0. The van der Waals surface area contributed by atoms with Gasteiger partial charge in [0.25, 0.3) is 0 Å². The summed E-state index contributed by atoms with van der Waals surface area (Å²) in [5.41, 5.74) is 13.4. The first-order valence-corrected chi connectivity index (χ1v) is 22.2. The zero-order valence-corrected chi connectivity index (χ0v) is 34.9. The highest BCUT2D eigenvalue weighted by Crippen LogP contribution is 2.38. The second-order valence-electron chi connectivity index (χ2n) is 15.5. The lowest BCUT2D eigenvalue weighted by atomic mass is 9.94. The van der Waals surface area contributed by atoms with Crippen LogP contribution in [0.5, 0.6) is 0 Å². The Morgan fingerprint density at radius 2 is 0.645 bits per heavy atom. The van der Waals surface area contributed by atoms with Gasteiger partial charge in [0.05, 0.1) is 31.8 Å². The van der Waals surface area contributed by atoms with E-state index in [-0.39, 0.29) is 0 Å². The Bertz CT molecular complexity index is 3340. The van der Waals surface area contributed by atoms with Crippen molar-refractivity contribution >= 4 is 64.7 Å². The maximum absolute atomic E-state index is 5.36. The van der Waals surface area contributed by atoms with Crippen molar-refractivity contribution in [3.63, 3.8) is 0 Å². The van der Waals surface area contributed by atoms with E-state index in [9.17, 15) is 0 Å². The van der Waals surface area contributed by atoms with Gasteiger partial charge in [-0.25, -0.2) is 19.9 Å². The number of aromatic nitrogens is 4. The summed E-state index contributed by atoms with van der Waals surface area (Å²) in [5, 5.41) is 6.76. The Balaban J connectivity index is 1.01. The third-order valence-electron chi connectivity index (χ3n) is 11.5. The fraction of sp³-hybridized carbons (Fsp3) is 0. The average Bonchev–Trinajstić information content (AvgIpc) is 3.99. The van der Waals surface area contributed by atoms with Crippen molar-refractivity contribution < 1.29 is 0 Å². The van der Waals surface area contributed by atoms with Crippen molar-refractivity contribution in [1.82, 2.24) is 19.9 Å². The zero-order chi connectivity index (χ0) is 41.0. The van der Waals surface area contributed by atoms with Gasteiger partial charge in [0.2, 0.25) is 0 Å². The van der Waals surface area contributed by atoms with Crippen molar-refractivity contribution in [2.24, 2.45) is 0 Å². The van der Waals surface area contributed by atoms with Crippen molar-refractivity contribution in [3.8, 4) is 77.3 Å². The Labute approximate surface area is 366 Å². The molecule has 3 aromatic heterocycles. The van der Waals surface area contributed by atoms with Crippen LogP contribution in [0.3, 0.4) is 0 Å². The third-order valence-corrected chi connectivity index (χ3v) is 13.7. The average molecular weight is 827 g/mol. The van der Waals surface area contributed by atoms with Crippen LogP contribution in [0.1, 0.15) is 0 Å². The quantitative estimate of drug-likeness (QED) is 0.161. The largest absolute Gasteiger partial charge is 0.236 e. The molecule has 290 valence electrons. The van der Waals surface area contributed by atoms with Gasteiger partial charge in [-0.15, -0.1) is 22.7 Å². The number of benzene rings is 9. The molecule has 0 spiro atoms. The summed E-state index contributed by atoms with van der Waals surface area (Å²) in [4.78, 5) is 20.6. The van der Waals surface area contributed by atoms with E-state index in [4.69, 9.17) is 19.9 Å². The number of para-hydroxylation sites is 2. The number of thiazole rings is 2. The minimum absolute atomic E-state index is 0.666. The number of hydrogen-bond donors (Lipinski definition) is 0. The SMILES string of the molecule is c1ccc2cc(-c3cc(-c4ccc5ccccc5c4)nc(-c4cc(-c5ccc(-c6nc7ccccc7s6)cc5)cc(-c5ccc(-c6nc7ccccc7s6)cc5)c4)n3)ccc2c1. The molecule has 6 heteroatoms. The highest BCUT2D eigenvalue weighted by molar-refractivity contribution is 7.22. The summed E-state index contributed by atoms with van der Waals surface area (Å²) >= 11 is 3.44. The first kappa shape index (κ1) is 36.2. The second-order valence-corrected chi connectivity index (χ2v) is 17.6. The molecular weight excluding hydrogens is 793 g/mol. The number of nitrogens with zero attached hydrogens (tertiary/aromatic N) is 4. The van der Waals surface area contributed by atoms with E-state index in [0.29, 0.717) is 5.82 Å². The topological polar surface area (TPSA) is 51.6 Å². The van der Waals surface area contributed by atoms with Gasteiger partial charge in [-0.2, -0.15) is 0 Å². The molecule has 4 nitrogen and oxygen atoms in total. The smallest absolute Gasteiger partial charge is 0.160 e. The summed E-state index contributed by atoms with van der Waals surface area (Å²) in [5.74, 6) is 0.666. The molecule has 0 saturated carbocycles. The molecule has 0 fully saturated rings. The molecule has 9 aromatic carbocycles. The molecule has 0 radical (unpaired) electrons. The van der Waals surface area contributed by atoms with Crippen molar-refractivity contribution in [2.45, 2.75) is 0 Å². The summed E-state index contributed by atoms with van der Waals surface area (Å²) in [6.45, 7) is 0. The van der Waals surface area contributed by atoms with E-state index in [2.05, 4.69) is 194 Å². The van der Waals surface area contributed by atoms with Crippen LogP contribution in [0.15, 0.2) is 206 Å². The zero-order valence-electron chi connectivity index (χ0n) is 33.2. The van der Waals surface area contributed by atoms with E-state index in [1.165, 1.54) is 30.9 Å². The van der Waals surface area contributed by atoms with E-state index < -0.39 is 0 Å².